The fourth-order valence-electron chi connectivity index (χ4n) is 3.17. The van der Waals surface area contributed by atoms with Crippen molar-refractivity contribution in [3.8, 4) is 17.6 Å². The second-order valence-corrected chi connectivity index (χ2v) is 6.74. The van der Waals surface area contributed by atoms with Gasteiger partial charge in [0.25, 0.3) is 6.43 Å². The summed E-state index contributed by atoms with van der Waals surface area (Å²) in [7, 11) is 0. The smallest absolute Gasteiger partial charge is 0.264 e. The van der Waals surface area contributed by atoms with Gasteiger partial charge in [-0.1, -0.05) is 12.1 Å². The lowest BCUT2D eigenvalue weighted by Crippen LogP contribution is -2.00. The molecule has 0 aliphatic rings. The van der Waals surface area contributed by atoms with Gasteiger partial charge in [-0.2, -0.15) is 10.4 Å². The van der Waals surface area contributed by atoms with Crippen molar-refractivity contribution in [1.29, 1.82) is 5.26 Å². The van der Waals surface area contributed by atoms with Crippen LogP contribution in [0.1, 0.15) is 34.4 Å². The van der Waals surface area contributed by atoms with Gasteiger partial charge in [0, 0.05) is 23.6 Å². The molecular formula is C22H15F3N4O. The number of rotatable bonds is 5. The number of nitrogens with one attached hydrogen (secondary N) is 1. The van der Waals surface area contributed by atoms with E-state index in [-0.39, 0.29) is 29.0 Å². The van der Waals surface area contributed by atoms with E-state index in [1.165, 1.54) is 6.07 Å². The first-order valence-electron chi connectivity index (χ1n) is 9.03. The lowest BCUT2D eigenvalue weighted by molar-refractivity contribution is 0.151. The highest BCUT2D eigenvalue weighted by molar-refractivity contribution is 5.77. The number of benzene rings is 2. The van der Waals surface area contributed by atoms with Crippen LogP contribution >= 0.6 is 0 Å². The third kappa shape index (κ3) is 3.70. The molecule has 2 aromatic heterocycles. The average Bonchev–Trinajstić information content (AvgIpc) is 3.15. The molecule has 4 rings (SSSR count). The van der Waals surface area contributed by atoms with Crippen LogP contribution in [0, 0.1) is 24.1 Å². The lowest BCUT2D eigenvalue weighted by atomic mass is 10.0. The maximum absolute atomic E-state index is 15.3. The fraction of sp³-hybridized carbons (Fsp3) is 0.136. The van der Waals surface area contributed by atoms with Crippen LogP contribution in [0.25, 0.3) is 11.0 Å². The molecule has 0 aliphatic carbocycles. The third-order valence-corrected chi connectivity index (χ3v) is 4.68. The predicted octanol–water partition coefficient (Wildman–Crippen LogP) is 5.60. The first-order valence-corrected chi connectivity index (χ1v) is 9.03. The van der Waals surface area contributed by atoms with Crippen molar-refractivity contribution in [3.63, 3.8) is 0 Å². The van der Waals surface area contributed by atoms with Crippen LogP contribution in [0.3, 0.4) is 0 Å². The van der Waals surface area contributed by atoms with Crippen LogP contribution in [0.5, 0.6) is 11.5 Å². The summed E-state index contributed by atoms with van der Waals surface area (Å²) in [6, 6.07) is 12.2. The third-order valence-electron chi connectivity index (χ3n) is 4.68. The molecule has 0 atom stereocenters. The summed E-state index contributed by atoms with van der Waals surface area (Å²) in [4.78, 5) is 4.17. The number of pyridine rings is 1. The normalized spacial score (nSPS) is 11.1. The second kappa shape index (κ2) is 7.87. The van der Waals surface area contributed by atoms with Crippen molar-refractivity contribution in [3.05, 3.63) is 82.4 Å². The number of aromatic amines is 1. The van der Waals surface area contributed by atoms with E-state index in [0.717, 1.165) is 17.5 Å². The Morgan fingerprint density at radius 2 is 2.03 bits per heavy atom. The van der Waals surface area contributed by atoms with E-state index in [0.29, 0.717) is 22.5 Å². The van der Waals surface area contributed by atoms with Crippen molar-refractivity contribution in [1.82, 2.24) is 15.2 Å². The highest BCUT2D eigenvalue weighted by Crippen LogP contribution is 2.34. The molecule has 0 amide bonds. The molecule has 0 aliphatic heterocycles. The molecule has 0 spiro atoms. The first-order chi connectivity index (χ1) is 14.5. The predicted molar refractivity (Wildman–Crippen MR) is 104 cm³/mol. The summed E-state index contributed by atoms with van der Waals surface area (Å²) in [6.07, 6.45) is -0.958. The largest absolute Gasteiger partial charge is 0.454 e. The summed E-state index contributed by atoms with van der Waals surface area (Å²) in [5, 5.41) is 16.9. The lowest BCUT2D eigenvalue weighted by Gasteiger charge is -2.14. The Labute approximate surface area is 169 Å². The molecule has 0 saturated heterocycles. The number of nitriles is 1. The molecule has 30 heavy (non-hydrogen) atoms. The number of aromatic nitrogens is 3. The number of ether oxygens (including phenoxy) is 1. The van der Waals surface area contributed by atoms with Gasteiger partial charge in [0.15, 0.2) is 17.2 Å². The van der Waals surface area contributed by atoms with Gasteiger partial charge in [0.05, 0.1) is 17.3 Å². The minimum absolute atomic E-state index is 0.00695. The standard InChI is InChI=1S/C22H15F3N4O/c1-12-4-5-14(10-18-17-3-2-6-27-22(17)29-28-18)19(23)20(12)30-16-8-13(11-26)7-15(9-16)21(24)25/h2-9,21H,10H2,1H3,(H,27,28,29). The zero-order chi connectivity index (χ0) is 21.3. The number of aryl methyl sites for hydroxylation is 1. The van der Waals surface area contributed by atoms with Gasteiger partial charge >= 0.3 is 0 Å². The van der Waals surface area contributed by atoms with Gasteiger partial charge in [-0.15, -0.1) is 0 Å². The van der Waals surface area contributed by atoms with E-state index in [1.54, 1.807) is 31.3 Å². The first kappa shape index (κ1) is 19.5. The van der Waals surface area contributed by atoms with Crippen LogP contribution in [0.15, 0.2) is 48.7 Å². The molecule has 0 unspecified atom stereocenters. The number of hydrogen-bond acceptors (Lipinski definition) is 4. The number of halogens is 3. The summed E-state index contributed by atoms with van der Waals surface area (Å²) in [6.45, 7) is 1.65. The second-order valence-electron chi connectivity index (χ2n) is 6.74. The zero-order valence-electron chi connectivity index (χ0n) is 15.8. The van der Waals surface area contributed by atoms with Gasteiger partial charge in [-0.25, -0.2) is 18.2 Å². The highest BCUT2D eigenvalue weighted by Gasteiger charge is 2.18. The van der Waals surface area contributed by atoms with Crippen molar-refractivity contribution < 1.29 is 17.9 Å². The summed E-state index contributed by atoms with van der Waals surface area (Å²) in [5.41, 5.74) is 1.69. The molecule has 1 N–H and O–H groups in total. The molecule has 0 bridgehead atoms. The number of hydrogen-bond donors (Lipinski definition) is 1. The maximum Gasteiger partial charge on any atom is 0.264 e. The monoisotopic (exact) mass is 408 g/mol. The van der Waals surface area contributed by atoms with E-state index >= 15 is 4.39 Å². The van der Waals surface area contributed by atoms with Crippen molar-refractivity contribution in [2.45, 2.75) is 19.8 Å². The van der Waals surface area contributed by atoms with E-state index in [4.69, 9.17) is 10.00 Å². The summed E-state index contributed by atoms with van der Waals surface area (Å²) >= 11 is 0. The summed E-state index contributed by atoms with van der Waals surface area (Å²) < 4.78 is 47.1. The van der Waals surface area contributed by atoms with Gasteiger partial charge in [-0.3, -0.25) is 5.10 Å². The maximum atomic E-state index is 15.3. The molecule has 5 nitrogen and oxygen atoms in total. The highest BCUT2D eigenvalue weighted by atomic mass is 19.3. The summed E-state index contributed by atoms with van der Waals surface area (Å²) in [5.74, 6) is -0.727. The Kier molecular flexibility index (Phi) is 5.11. The van der Waals surface area contributed by atoms with E-state index in [2.05, 4.69) is 15.2 Å². The molecule has 2 aromatic carbocycles. The molecule has 0 saturated carbocycles. The molecule has 0 radical (unpaired) electrons. The van der Waals surface area contributed by atoms with E-state index < -0.39 is 12.2 Å². The number of H-pyrrole nitrogens is 1. The molecule has 8 heteroatoms. The number of alkyl halides is 2. The minimum Gasteiger partial charge on any atom is -0.454 e. The average molecular weight is 408 g/mol. The van der Waals surface area contributed by atoms with E-state index in [9.17, 15) is 8.78 Å². The number of nitrogens with zero attached hydrogens (tertiary/aromatic N) is 3. The Morgan fingerprint density at radius 3 is 2.80 bits per heavy atom. The molecule has 0 fully saturated rings. The Hall–Kier alpha value is -3.86. The minimum atomic E-state index is -2.78. The molecule has 2 heterocycles. The quantitative estimate of drug-likeness (QED) is 0.467. The SMILES string of the molecule is Cc1ccc(Cc2n[nH]c3ncccc23)c(F)c1Oc1cc(C#N)cc(C(F)F)c1. The van der Waals surface area contributed by atoms with Crippen molar-refractivity contribution >= 4 is 11.0 Å². The van der Waals surface area contributed by atoms with Crippen LogP contribution in [-0.4, -0.2) is 15.2 Å². The topological polar surface area (TPSA) is 74.6 Å². The van der Waals surface area contributed by atoms with E-state index in [1.807, 2.05) is 12.1 Å². The van der Waals surface area contributed by atoms with Crippen LogP contribution in [0.4, 0.5) is 13.2 Å². The Bertz CT molecular complexity index is 1280. The zero-order valence-corrected chi connectivity index (χ0v) is 15.8. The van der Waals surface area contributed by atoms with Crippen LogP contribution in [0.2, 0.25) is 0 Å². The van der Waals surface area contributed by atoms with Gasteiger partial charge in [-0.05, 0) is 48.4 Å². The molecular weight excluding hydrogens is 393 g/mol. The Balaban J connectivity index is 1.70. The van der Waals surface area contributed by atoms with Gasteiger partial charge < -0.3 is 4.74 Å². The molecule has 150 valence electrons. The van der Waals surface area contributed by atoms with Crippen LogP contribution < -0.4 is 4.74 Å². The van der Waals surface area contributed by atoms with Gasteiger partial charge in [0.1, 0.15) is 5.75 Å². The van der Waals surface area contributed by atoms with Crippen LogP contribution in [-0.2, 0) is 6.42 Å². The fourth-order valence-corrected chi connectivity index (χ4v) is 3.17. The van der Waals surface area contributed by atoms with Crippen molar-refractivity contribution in [2.75, 3.05) is 0 Å². The Morgan fingerprint density at radius 1 is 1.20 bits per heavy atom. The van der Waals surface area contributed by atoms with Crippen molar-refractivity contribution in [2.24, 2.45) is 0 Å². The van der Waals surface area contributed by atoms with Gasteiger partial charge in [0.2, 0.25) is 0 Å². The number of fused-ring (bicyclic) bond motifs is 1. The molecule has 4 aromatic rings.